The quantitative estimate of drug-likeness (QED) is 0.143. The minimum Gasteiger partial charge on any atom is -0.461 e. The Labute approximate surface area is 281 Å². The number of hydrogen-bond donors (Lipinski definition) is 0. The van der Waals surface area contributed by atoms with Gasteiger partial charge in [-0.2, -0.15) is 0 Å². The maximum absolute atomic E-state index is 13.5. The van der Waals surface area contributed by atoms with Crippen LogP contribution in [0.3, 0.4) is 0 Å². The number of epoxide rings is 1. The van der Waals surface area contributed by atoms with E-state index in [0.717, 1.165) is 0 Å². The molecule has 48 heavy (non-hydrogen) atoms. The van der Waals surface area contributed by atoms with Gasteiger partial charge in [0.2, 0.25) is 0 Å². The van der Waals surface area contributed by atoms with Crippen LogP contribution in [0, 0.1) is 29.1 Å². The molecule has 10 atom stereocenters. The summed E-state index contributed by atoms with van der Waals surface area (Å²) in [6.07, 6.45) is -0.138. The molecule has 0 unspecified atom stereocenters. The van der Waals surface area contributed by atoms with Crippen molar-refractivity contribution in [3.8, 4) is 0 Å². The molecule has 0 aromatic rings. The van der Waals surface area contributed by atoms with Gasteiger partial charge in [-0.25, -0.2) is 0 Å². The van der Waals surface area contributed by atoms with Crippen molar-refractivity contribution in [1.29, 1.82) is 0 Å². The van der Waals surface area contributed by atoms with Gasteiger partial charge in [-0.1, -0.05) is 40.7 Å². The number of carbonyl (C=O) groups excluding carboxylic acids is 6. The molecule has 3 fully saturated rings. The summed E-state index contributed by atoms with van der Waals surface area (Å²) in [5.41, 5.74) is -2.68. The van der Waals surface area contributed by atoms with E-state index in [0.29, 0.717) is 12.0 Å². The number of fused-ring (bicyclic) bond motifs is 1. The maximum Gasteiger partial charge on any atom is 0.309 e. The van der Waals surface area contributed by atoms with Gasteiger partial charge in [-0.15, -0.1) is 0 Å². The van der Waals surface area contributed by atoms with Crippen LogP contribution >= 0.6 is 0 Å². The van der Waals surface area contributed by atoms with E-state index in [9.17, 15) is 28.8 Å². The Balaban J connectivity index is 2.06. The summed E-state index contributed by atoms with van der Waals surface area (Å²) >= 11 is 0. The first-order valence-corrected chi connectivity index (χ1v) is 16.4. The molecule has 0 aromatic heterocycles. The first-order valence-electron chi connectivity index (χ1n) is 16.4. The molecule has 266 valence electrons. The van der Waals surface area contributed by atoms with Gasteiger partial charge in [0.25, 0.3) is 0 Å². The van der Waals surface area contributed by atoms with Gasteiger partial charge >= 0.3 is 35.8 Å². The van der Waals surface area contributed by atoms with Crippen LogP contribution in [0.2, 0.25) is 0 Å². The zero-order chi connectivity index (χ0) is 35.9. The van der Waals surface area contributed by atoms with Gasteiger partial charge in [-0.05, 0) is 36.2 Å². The number of carbonyl (C=O) groups is 6. The molecule has 4 rings (SSSR count). The van der Waals surface area contributed by atoms with Crippen molar-refractivity contribution in [1.82, 2.24) is 0 Å². The highest BCUT2D eigenvalue weighted by Gasteiger charge is 2.83. The summed E-state index contributed by atoms with van der Waals surface area (Å²) in [5, 5.41) is 0. The minimum absolute atomic E-state index is 0.241. The Hall–Kier alpha value is -3.74. The molecule has 0 N–H and O–H groups in total. The number of ether oxygens (including phenoxy) is 7. The van der Waals surface area contributed by atoms with Crippen LogP contribution in [0.4, 0.5) is 0 Å². The van der Waals surface area contributed by atoms with Crippen molar-refractivity contribution >= 4 is 35.8 Å². The number of esters is 6. The molecule has 1 aliphatic heterocycles. The molecular formula is C35H48O13. The first-order chi connectivity index (χ1) is 22.3. The van der Waals surface area contributed by atoms with Crippen LogP contribution in [-0.2, 0) is 61.9 Å². The molecule has 0 radical (unpaired) electrons. The number of allylic oxidation sites excluding steroid dienone is 1. The number of hydrogen-bond acceptors (Lipinski definition) is 13. The molecule has 13 nitrogen and oxygen atoms in total. The van der Waals surface area contributed by atoms with E-state index in [1.165, 1.54) is 34.6 Å². The second-order valence-corrected chi connectivity index (χ2v) is 14.1. The third kappa shape index (κ3) is 7.02. The molecule has 0 bridgehead atoms. The molecule has 0 amide bonds. The largest absolute Gasteiger partial charge is 0.461 e. The van der Waals surface area contributed by atoms with Crippen molar-refractivity contribution in [2.75, 3.05) is 13.2 Å². The highest BCUT2D eigenvalue weighted by atomic mass is 16.7. The van der Waals surface area contributed by atoms with Gasteiger partial charge in [0.15, 0.2) is 17.8 Å². The topological polar surface area (TPSA) is 170 Å². The van der Waals surface area contributed by atoms with Crippen molar-refractivity contribution in [3.63, 3.8) is 0 Å². The van der Waals surface area contributed by atoms with E-state index >= 15 is 0 Å². The highest BCUT2D eigenvalue weighted by molar-refractivity contribution is 5.73. The fourth-order valence-corrected chi connectivity index (χ4v) is 7.64. The zero-order valence-corrected chi connectivity index (χ0v) is 29.4. The van der Waals surface area contributed by atoms with E-state index in [2.05, 4.69) is 0 Å². The fourth-order valence-electron chi connectivity index (χ4n) is 7.64. The third-order valence-corrected chi connectivity index (χ3v) is 10.1. The Kier molecular flexibility index (Phi) is 10.5. The molecule has 4 aliphatic rings. The summed E-state index contributed by atoms with van der Waals surface area (Å²) < 4.78 is 41.7. The van der Waals surface area contributed by atoms with Gasteiger partial charge < -0.3 is 33.2 Å². The predicted molar refractivity (Wildman–Crippen MR) is 167 cm³/mol. The third-order valence-electron chi connectivity index (χ3n) is 10.1. The summed E-state index contributed by atoms with van der Waals surface area (Å²) in [6, 6.07) is 0. The SMILES string of the molecule is CC[C@@H](C)C(=O)O[C@@H]1/C(COC(C)=O)=C/[C@@]23O[C@@]2(C[C@H](C)[C@@H]3OC(C)=O)[C@@H](OC(C)=O)/C(COC(C)=O)=C/[C@@H]2[C@H]([C@@H]1OC(C)=O)C2(C)C. The van der Waals surface area contributed by atoms with Crippen molar-refractivity contribution in [3.05, 3.63) is 23.3 Å². The Bertz CT molecular complexity index is 1410. The molecule has 3 aliphatic carbocycles. The van der Waals surface area contributed by atoms with Crippen molar-refractivity contribution in [2.45, 2.75) is 118 Å². The summed E-state index contributed by atoms with van der Waals surface area (Å²) in [7, 11) is 0. The summed E-state index contributed by atoms with van der Waals surface area (Å²) in [5.74, 6) is -5.22. The van der Waals surface area contributed by atoms with Crippen LogP contribution in [0.15, 0.2) is 23.3 Å². The average Bonchev–Trinajstić information content (AvgIpc) is 3.75. The Morgan fingerprint density at radius 3 is 1.92 bits per heavy atom. The van der Waals surface area contributed by atoms with Crippen LogP contribution in [0.1, 0.15) is 82.1 Å². The standard InChI is InChI=1S/C35H48O13/c1-11-17(2)32(41)47-28-25(16-43-20(5)37)14-35-30(45-22(7)39)18(3)13-34(35,48-35)31(46-23(8)40)24(15-42-19(4)36)12-26-27(33(26,9)10)29(28)44-21(6)38/h12,14,17-18,26-31H,11,13,15-16H2,1-10H3/b24-12+,25-14+/t17-,18+,26-,27-,28-,29+,30+,31+,34+,35+/m1/s1. The summed E-state index contributed by atoms with van der Waals surface area (Å²) in [6.45, 7) is 15.0. The normalized spacial score (nSPS) is 37.1. The van der Waals surface area contributed by atoms with Crippen molar-refractivity contribution < 1.29 is 61.9 Å². The zero-order valence-electron chi connectivity index (χ0n) is 29.4. The molecule has 0 spiro atoms. The average molecular weight is 677 g/mol. The molecular weight excluding hydrogens is 628 g/mol. The lowest BCUT2D eigenvalue weighted by Gasteiger charge is -2.32. The minimum atomic E-state index is -1.48. The molecule has 2 saturated carbocycles. The van der Waals surface area contributed by atoms with Gasteiger partial charge in [0.1, 0.15) is 31.0 Å². The smallest absolute Gasteiger partial charge is 0.309 e. The second kappa shape index (κ2) is 13.6. The van der Waals surface area contributed by atoms with E-state index < -0.39 is 88.7 Å². The Morgan fingerprint density at radius 1 is 0.833 bits per heavy atom. The highest BCUT2D eigenvalue weighted by Crippen LogP contribution is 2.69. The van der Waals surface area contributed by atoms with E-state index in [1.54, 1.807) is 13.0 Å². The first kappa shape index (κ1) is 37.1. The lowest BCUT2D eigenvalue weighted by Crippen LogP contribution is -2.44. The van der Waals surface area contributed by atoms with Crippen LogP contribution in [0.25, 0.3) is 0 Å². The van der Waals surface area contributed by atoms with Gasteiger partial charge in [0, 0.05) is 51.7 Å². The van der Waals surface area contributed by atoms with Crippen LogP contribution in [-0.4, -0.2) is 84.6 Å². The molecule has 1 saturated heterocycles. The molecule has 13 heteroatoms. The lowest BCUT2D eigenvalue weighted by molar-refractivity contribution is -0.169. The lowest BCUT2D eigenvalue weighted by atomic mass is 9.83. The maximum atomic E-state index is 13.5. The van der Waals surface area contributed by atoms with Crippen LogP contribution < -0.4 is 0 Å². The Morgan fingerprint density at radius 2 is 1.40 bits per heavy atom. The summed E-state index contributed by atoms with van der Waals surface area (Å²) in [4.78, 5) is 75.7. The second-order valence-electron chi connectivity index (χ2n) is 14.1. The van der Waals surface area contributed by atoms with Crippen molar-refractivity contribution in [2.24, 2.45) is 29.1 Å². The molecule has 1 heterocycles. The number of rotatable bonds is 10. The van der Waals surface area contributed by atoms with Gasteiger partial charge in [0.05, 0.1) is 5.92 Å². The van der Waals surface area contributed by atoms with E-state index in [-0.39, 0.29) is 37.0 Å². The van der Waals surface area contributed by atoms with E-state index in [4.69, 9.17) is 33.2 Å². The van der Waals surface area contributed by atoms with Gasteiger partial charge in [-0.3, -0.25) is 28.8 Å². The monoisotopic (exact) mass is 676 g/mol. The van der Waals surface area contributed by atoms with E-state index in [1.807, 2.05) is 33.8 Å². The van der Waals surface area contributed by atoms with Crippen LogP contribution in [0.5, 0.6) is 0 Å². The fraction of sp³-hybridized carbons (Fsp3) is 0.714. The molecule has 0 aromatic carbocycles. The predicted octanol–water partition coefficient (Wildman–Crippen LogP) is 3.55.